The Hall–Kier alpha value is -1.09. The van der Waals surface area contributed by atoms with Crippen molar-refractivity contribution in [3.05, 3.63) is 69.5 Å². The highest BCUT2D eigenvalue weighted by molar-refractivity contribution is 6.32. The van der Waals surface area contributed by atoms with Crippen molar-refractivity contribution in [2.45, 2.75) is 12.5 Å². The Kier molecular flexibility index (Phi) is 3.62. The first kappa shape index (κ1) is 13.3. The topological polar surface area (TPSA) is 20.2 Å². The average Bonchev–Trinajstić information content (AvgIpc) is 2.32. The summed E-state index contributed by atoms with van der Waals surface area (Å²) in [4.78, 5) is 0. The zero-order chi connectivity index (χ0) is 13.3. The number of hydrogen-bond donors (Lipinski definition) is 1. The minimum absolute atomic E-state index is 0.289. The van der Waals surface area contributed by atoms with Crippen LogP contribution in [0.1, 0.15) is 18.1 Å². The van der Waals surface area contributed by atoms with Gasteiger partial charge in [-0.1, -0.05) is 41.4 Å². The lowest BCUT2D eigenvalue weighted by Gasteiger charge is -2.26. The zero-order valence-electron chi connectivity index (χ0n) is 9.62. The van der Waals surface area contributed by atoms with Crippen molar-refractivity contribution < 1.29 is 9.50 Å². The first-order valence-corrected chi connectivity index (χ1v) is 6.11. The van der Waals surface area contributed by atoms with Crippen LogP contribution in [0.5, 0.6) is 0 Å². The maximum atomic E-state index is 13.3. The molecule has 2 aromatic rings. The minimum Gasteiger partial charge on any atom is -0.381 e. The van der Waals surface area contributed by atoms with Gasteiger partial charge in [0.25, 0.3) is 0 Å². The molecule has 1 unspecified atom stereocenters. The van der Waals surface area contributed by atoms with Crippen LogP contribution in [-0.4, -0.2) is 5.11 Å². The molecule has 0 bridgehead atoms. The summed E-state index contributed by atoms with van der Waals surface area (Å²) in [5.41, 5.74) is -0.672. The van der Waals surface area contributed by atoms with Gasteiger partial charge in [0.15, 0.2) is 0 Å². The van der Waals surface area contributed by atoms with E-state index in [4.69, 9.17) is 23.2 Å². The Morgan fingerprint density at radius 2 is 1.61 bits per heavy atom. The molecule has 0 aliphatic heterocycles. The molecule has 0 heterocycles. The first-order chi connectivity index (χ1) is 8.43. The number of halogens is 3. The summed E-state index contributed by atoms with van der Waals surface area (Å²) in [6.07, 6.45) is 0. The molecule has 0 aliphatic carbocycles. The van der Waals surface area contributed by atoms with Gasteiger partial charge in [-0.15, -0.1) is 0 Å². The molecule has 0 fully saturated rings. The minimum atomic E-state index is -1.45. The molecule has 0 radical (unpaired) electrons. The summed E-state index contributed by atoms with van der Waals surface area (Å²) in [6.45, 7) is 1.54. The lowest BCUT2D eigenvalue weighted by Crippen LogP contribution is -2.24. The van der Waals surface area contributed by atoms with Gasteiger partial charge in [0.1, 0.15) is 11.4 Å². The van der Waals surface area contributed by atoms with Gasteiger partial charge in [-0.2, -0.15) is 0 Å². The van der Waals surface area contributed by atoms with E-state index in [9.17, 15) is 9.50 Å². The van der Waals surface area contributed by atoms with E-state index in [0.717, 1.165) is 0 Å². The van der Waals surface area contributed by atoms with Crippen LogP contribution in [0.4, 0.5) is 4.39 Å². The standard InChI is InChI=1S/C14H11Cl2FO/c1-14(18,10-4-2-3-5-12(10)15)11-8-9(17)6-7-13(11)16/h2-8,18H,1H3. The van der Waals surface area contributed by atoms with Crippen LogP contribution in [0.25, 0.3) is 0 Å². The van der Waals surface area contributed by atoms with E-state index in [1.807, 2.05) is 0 Å². The van der Waals surface area contributed by atoms with E-state index in [1.54, 1.807) is 24.3 Å². The van der Waals surface area contributed by atoms with E-state index in [1.165, 1.54) is 25.1 Å². The molecule has 1 nitrogen and oxygen atoms in total. The lowest BCUT2D eigenvalue weighted by atomic mass is 9.88. The van der Waals surface area contributed by atoms with E-state index in [2.05, 4.69) is 0 Å². The van der Waals surface area contributed by atoms with Crippen LogP contribution in [0.2, 0.25) is 10.0 Å². The van der Waals surface area contributed by atoms with Crippen molar-refractivity contribution in [2.75, 3.05) is 0 Å². The lowest BCUT2D eigenvalue weighted by molar-refractivity contribution is 0.102. The van der Waals surface area contributed by atoms with Crippen molar-refractivity contribution in [2.24, 2.45) is 0 Å². The summed E-state index contributed by atoms with van der Waals surface area (Å²) in [6, 6.07) is 10.7. The molecule has 1 N–H and O–H groups in total. The molecule has 1 atom stereocenters. The van der Waals surface area contributed by atoms with E-state index in [0.29, 0.717) is 15.6 Å². The number of hydrogen-bond acceptors (Lipinski definition) is 1. The Morgan fingerprint density at radius 1 is 1.00 bits per heavy atom. The van der Waals surface area contributed by atoms with Crippen molar-refractivity contribution in [3.8, 4) is 0 Å². The molecular formula is C14H11Cl2FO. The summed E-state index contributed by atoms with van der Waals surface area (Å²) in [5.74, 6) is -0.457. The number of rotatable bonds is 2. The largest absolute Gasteiger partial charge is 0.381 e. The van der Waals surface area contributed by atoms with Gasteiger partial charge >= 0.3 is 0 Å². The fourth-order valence-electron chi connectivity index (χ4n) is 1.87. The summed E-state index contributed by atoms with van der Waals surface area (Å²) in [7, 11) is 0. The van der Waals surface area contributed by atoms with Crippen LogP contribution in [0, 0.1) is 5.82 Å². The van der Waals surface area contributed by atoms with Crippen LogP contribution >= 0.6 is 23.2 Å². The molecule has 0 aliphatic rings. The normalized spacial score (nSPS) is 14.3. The smallest absolute Gasteiger partial charge is 0.123 e. The zero-order valence-corrected chi connectivity index (χ0v) is 11.1. The van der Waals surface area contributed by atoms with E-state index >= 15 is 0 Å². The summed E-state index contributed by atoms with van der Waals surface area (Å²) < 4.78 is 13.3. The Balaban J connectivity index is 2.61. The molecule has 0 saturated carbocycles. The van der Waals surface area contributed by atoms with Gasteiger partial charge < -0.3 is 5.11 Å². The monoisotopic (exact) mass is 284 g/mol. The molecule has 0 amide bonds. The predicted octanol–water partition coefficient (Wildman–Crippen LogP) is 4.39. The van der Waals surface area contributed by atoms with Crippen LogP contribution in [-0.2, 0) is 5.60 Å². The van der Waals surface area contributed by atoms with Crippen LogP contribution in [0.15, 0.2) is 42.5 Å². The maximum Gasteiger partial charge on any atom is 0.123 e. The predicted molar refractivity (Wildman–Crippen MR) is 71.5 cm³/mol. The Bertz CT molecular complexity index is 582. The molecule has 4 heteroatoms. The highest BCUT2D eigenvalue weighted by Gasteiger charge is 2.30. The average molecular weight is 285 g/mol. The molecule has 0 spiro atoms. The summed E-state index contributed by atoms with van der Waals surface area (Å²) in [5, 5.41) is 11.3. The van der Waals surface area contributed by atoms with Crippen molar-refractivity contribution in [1.82, 2.24) is 0 Å². The molecule has 0 saturated heterocycles. The third-order valence-corrected chi connectivity index (χ3v) is 3.51. The summed E-state index contributed by atoms with van der Waals surface area (Å²) >= 11 is 12.1. The SMILES string of the molecule is CC(O)(c1ccccc1Cl)c1cc(F)ccc1Cl. The second-order valence-electron chi connectivity index (χ2n) is 4.18. The van der Waals surface area contributed by atoms with Crippen molar-refractivity contribution >= 4 is 23.2 Å². The van der Waals surface area contributed by atoms with Gasteiger partial charge in [-0.25, -0.2) is 4.39 Å². The molecule has 2 aromatic carbocycles. The van der Waals surface area contributed by atoms with Crippen LogP contribution < -0.4 is 0 Å². The molecule has 0 aromatic heterocycles. The van der Waals surface area contributed by atoms with Gasteiger partial charge in [-0.3, -0.25) is 0 Å². The van der Waals surface area contributed by atoms with Gasteiger partial charge in [-0.05, 0) is 31.2 Å². The number of benzene rings is 2. The Morgan fingerprint density at radius 3 is 2.28 bits per heavy atom. The third-order valence-electron chi connectivity index (χ3n) is 2.85. The highest BCUT2D eigenvalue weighted by Crippen LogP contribution is 2.37. The Labute approximate surface area is 115 Å². The third kappa shape index (κ3) is 2.37. The van der Waals surface area contributed by atoms with E-state index < -0.39 is 11.4 Å². The number of aliphatic hydroxyl groups is 1. The van der Waals surface area contributed by atoms with Gasteiger partial charge in [0.2, 0.25) is 0 Å². The highest BCUT2D eigenvalue weighted by atomic mass is 35.5. The maximum absolute atomic E-state index is 13.3. The quantitative estimate of drug-likeness (QED) is 0.867. The second kappa shape index (κ2) is 4.88. The fourth-order valence-corrected chi connectivity index (χ4v) is 2.49. The van der Waals surface area contributed by atoms with Crippen molar-refractivity contribution in [1.29, 1.82) is 0 Å². The van der Waals surface area contributed by atoms with E-state index in [-0.39, 0.29) is 5.56 Å². The molecular weight excluding hydrogens is 274 g/mol. The molecule has 18 heavy (non-hydrogen) atoms. The van der Waals surface area contributed by atoms with Crippen LogP contribution in [0.3, 0.4) is 0 Å². The second-order valence-corrected chi connectivity index (χ2v) is 4.99. The first-order valence-electron chi connectivity index (χ1n) is 5.36. The fraction of sp³-hybridized carbons (Fsp3) is 0.143. The molecule has 2 rings (SSSR count). The van der Waals surface area contributed by atoms with Gasteiger partial charge in [0.05, 0.1) is 0 Å². The molecule has 94 valence electrons. The van der Waals surface area contributed by atoms with Gasteiger partial charge in [0, 0.05) is 21.2 Å². The van der Waals surface area contributed by atoms with Crippen molar-refractivity contribution in [3.63, 3.8) is 0 Å².